The van der Waals surface area contributed by atoms with Crippen LogP contribution in [0.25, 0.3) is 81.8 Å². The van der Waals surface area contributed by atoms with Gasteiger partial charge >= 0.3 is 0 Å². The predicted octanol–water partition coefficient (Wildman–Crippen LogP) is 12.1. The van der Waals surface area contributed by atoms with Crippen molar-refractivity contribution in [3.63, 3.8) is 0 Å². The van der Waals surface area contributed by atoms with E-state index in [0.717, 1.165) is 58.8 Å². The summed E-state index contributed by atoms with van der Waals surface area (Å²) in [5.74, 6) is 2.54. The molecule has 0 saturated heterocycles. The van der Waals surface area contributed by atoms with Gasteiger partial charge in [0.1, 0.15) is 0 Å². The molecule has 244 valence electrons. The highest BCUT2D eigenvalue weighted by Gasteiger charge is 2.17. The minimum absolute atomic E-state index is 0.573. The summed E-state index contributed by atoms with van der Waals surface area (Å²) in [6, 6.07) is 50.7. The van der Waals surface area contributed by atoms with E-state index >= 15 is 0 Å². The number of aromatic nitrogens is 5. The summed E-state index contributed by atoms with van der Waals surface area (Å²) in [5.41, 5.74) is 5.99. The van der Waals surface area contributed by atoms with Crippen LogP contribution >= 0.6 is 23.1 Å². The maximum atomic E-state index is 7.57. The zero-order chi connectivity index (χ0) is 34.9. The molecule has 3 heterocycles. The van der Waals surface area contributed by atoms with Gasteiger partial charge in [0, 0.05) is 53.5 Å². The van der Waals surface area contributed by atoms with Crippen molar-refractivity contribution in [3.05, 3.63) is 169 Å². The Labute approximate surface area is 308 Å². The summed E-state index contributed by atoms with van der Waals surface area (Å²) in [7, 11) is 0. The van der Waals surface area contributed by atoms with Crippen LogP contribution in [0.15, 0.2) is 168 Å². The van der Waals surface area contributed by atoms with Crippen LogP contribution in [-0.4, -0.2) is 24.9 Å². The van der Waals surface area contributed by atoms with Gasteiger partial charge in [-0.3, -0.25) is 0 Å². The average Bonchev–Trinajstić information content (AvgIpc) is 3.59. The number of fused-ring (bicyclic) bond motifs is 3. The Balaban J connectivity index is 1.12. The molecule has 9 rings (SSSR count). The van der Waals surface area contributed by atoms with E-state index in [9.17, 15) is 0 Å². The van der Waals surface area contributed by atoms with Gasteiger partial charge in [-0.25, -0.2) is 29.8 Å². The summed E-state index contributed by atoms with van der Waals surface area (Å²) in [5, 5.41) is 2.28. The van der Waals surface area contributed by atoms with Crippen LogP contribution in [0.1, 0.15) is 0 Å². The van der Waals surface area contributed by atoms with Crippen molar-refractivity contribution in [1.29, 1.82) is 0 Å². The smallest absolute Gasteiger partial charge is 0.187 e. The summed E-state index contributed by atoms with van der Waals surface area (Å²) < 4.78 is 2.31. The van der Waals surface area contributed by atoms with Crippen molar-refractivity contribution in [2.75, 3.05) is 0 Å². The van der Waals surface area contributed by atoms with Crippen LogP contribution in [0.3, 0.4) is 0 Å². The van der Waals surface area contributed by atoms with Crippen LogP contribution in [0.2, 0.25) is 0 Å². The monoisotopic (exact) mass is 702 g/mol. The number of nitrogens with zero attached hydrogens (tertiary/aromatic N) is 6. The lowest BCUT2D eigenvalue weighted by molar-refractivity contribution is 1.07. The van der Waals surface area contributed by atoms with Gasteiger partial charge in [0.15, 0.2) is 29.0 Å². The molecule has 0 fully saturated rings. The minimum atomic E-state index is 0.573. The second-order valence-electron chi connectivity index (χ2n) is 12.0. The molecule has 9 aromatic rings. The fraction of sp³-hybridized carbons (Fsp3) is 0. The van der Waals surface area contributed by atoms with E-state index in [2.05, 4.69) is 53.4 Å². The summed E-state index contributed by atoms with van der Waals surface area (Å²) in [6.45, 7) is 7.57. The van der Waals surface area contributed by atoms with E-state index in [1.54, 1.807) is 23.1 Å². The molecule has 0 amide bonds. The molecule has 0 spiro atoms. The standard InChI is InChI=1S/C44H26N6S2/c1-45-33-17-11-16-30(24-33)40-39(51-34-18-9-4-10-19-34)27-46-41(47-40)31-21-23-37-36(25-31)35-22-20-32(26-38(35)52-37)44-49-42(28-12-5-2-6-13-28)48-43(50-44)29-14-7-3-8-15-29/h2-27H. The molecule has 0 radical (unpaired) electrons. The van der Waals surface area contributed by atoms with Gasteiger partial charge in [-0.1, -0.05) is 121 Å². The first-order valence-corrected chi connectivity index (χ1v) is 18.2. The van der Waals surface area contributed by atoms with Crippen molar-refractivity contribution < 1.29 is 0 Å². The quantitative estimate of drug-likeness (QED) is 0.154. The van der Waals surface area contributed by atoms with E-state index in [1.807, 2.05) is 109 Å². The Kier molecular flexibility index (Phi) is 8.25. The summed E-state index contributed by atoms with van der Waals surface area (Å²) >= 11 is 3.36. The fourth-order valence-electron chi connectivity index (χ4n) is 6.12. The normalized spacial score (nSPS) is 11.1. The van der Waals surface area contributed by atoms with Gasteiger partial charge in [-0.05, 0) is 48.0 Å². The van der Waals surface area contributed by atoms with Crippen molar-refractivity contribution in [1.82, 2.24) is 24.9 Å². The van der Waals surface area contributed by atoms with Gasteiger partial charge in [0.2, 0.25) is 0 Å². The molecule has 0 aliphatic heterocycles. The third-order valence-electron chi connectivity index (χ3n) is 8.66. The van der Waals surface area contributed by atoms with E-state index in [1.165, 1.54) is 4.70 Å². The Morgan fingerprint density at radius 1 is 0.481 bits per heavy atom. The Morgan fingerprint density at radius 2 is 1.10 bits per heavy atom. The highest BCUT2D eigenvalue weighted by molar-refractivity contribution is 7.99. The van der Waals surface area contributed by atoms with Crippen molar-refractivity contribution >= 4 is 49.0 Å². The van der Waals surface area contributed by atoms with Gasteiger partial charge in [-0.2, -0.15) is 0 Å². The fourth-order valence-corrected chi connectivity index (χ4v) is 8.16. The Hall–Kier alpha value is -6.53. The third kappa shape index (κ3) is 6.20. The molecule has 52 heavy (non-hydrogen) atoms. The Morgan fingerprint density at radius 3 is 1.79 bits per heavy atom. The largest absolute Gasteiger partial charge is 0.238 e. The van der Waals surface area contributed by atoms with Crippen molar-refractivity contribution in [3.8, 4) is 56.8 Å². The topological polar surface area (TPSA) is 68.8 Å². The van der Waals surface area contributed by atoms with Crippen LogP contribution in [0.4, 0.5) is 5.69 Å². The molecule has 6 aromatic carbocycles. The summed E-state index contributed by atoms with van der Waals surface area (Å²) in [4.78, 5) is 30.4. The molecular weight excluding hydrogens is 677 g/mol. The molecule has 0 saturated carbocycles. The molecule has 0 aliphatic carbocycles. The van der Waals surface area contributed by atoms with Gasteiger partial charge in [0.25, 0.3) is 0 Å². The SMILES string of the molecule is [C-]#[N+]c1cccc(-c2nc(-c3ccc4sc5cc(-c6nc(-c7ccccc7)nc(-c7ccccc7)n6)ccc5c4c3)ncc2Sc2ccccc2)c1. The maximum absolute atomic E-state index is 7.57. The molecule has 8 heteroatoms. The number of benzene rings is 6. The highest BCUT2D eigenvalue weighted by atomic mass is 32.2. The van der Waals surface area contributed by atoms with Gasteiger partial charge < -0.3 is 0 Å². The molecule has 0 N–H and O–H groups in total. The molecule has 3 aromatic heterocycles. The molecule has 0 unspecified atom stereocenters. The number of thiophene rings is 1. The van der Waals surface area contributed by atoms with Gasteiger partial charge in [0.05, 0.1) is 17.2 Å². The van der Waals surface area contributed by atoms with E-state index < -0.39 is 0 Å². The lowest BCUT2D eigenvalue weighted by Crippen LogP contribution is -1.99. The lowest BCUT2D eigenvalue weighted by atomic mass is 10.1. The zero-order valence-corrected chi connectivity index (χ0v) is 29.1. The summed E-state index contributed by atoms with van der Waals surface area (Å²) in [6.07, 6.45) is 1.89. The van der Waals surface area contributed by atoms with Crippen LogP contribution in [0, 0.1) is 6.57 Å². The average molecular weight is 703 g/mol. The maximum Gasteiger partial charge on any atom is 0.187 e. The third-order valence-corrected chi connectivity index (χ3v) is 10.8. The van der Waals surface area contributed by atoms with Crippen molar-refractivity contribution in [2.45, 2.75) is 9.79 Å². The van der Waals surface area contributed by atoms with E-state index in [4.69, 9.17) is 31.5 Å². The first kappa shape index (κ1) is 31.5. The van der Waals surface area contributed by atoms with Crippen molar-refractivity contribution in [2.24, 2.45) is 0 Å². The Bertz CT molecular complexity index is 2720. The minimum Gasteiger partial charge on any atom is -0.238 e. The van der Waals surface area contributed by atoms with Crippen LogP contribution in [0.5, 0.6) is 0 Å². The highest BCUT2D eigenvalue weighted by Crippen LogP contribution is 2.40. The second kappa shape index (κ2) is 13.6. The van der Waals surface area contributed by atoms with Crippen LogP contribution in [-0.2, 0) is 0 Å². The molecule has 6 nitrogen and oxygen atoms in total. The first-order chi connectivity index (χ1) is 25.7. The van der Waals surface area contributed by atoms with Crippen LogP contribution < -0.4 is 0 Å². The number of hydrogen-bond donors (Lipinski definition) is 0. The van der Waals surface area contributed by atoms with E-state index in [-0.39, 0.29) is 0 Å². The molecule has 0 aliphatic rings. The molecular formula is C44H26N6S2. The lowest BCUT2D eigenvalue weighted by Gasteiger charge is -2.11. The number of rotatable bonds is 7. The second-order valence-corrected chi connectivity index (χ2v) is 14.2. The predicted molar refractivity (Wildman–Crippen MR) is 212 cm³/mol. The zero-order valence-electron chi connectivity index (χ0n) is 27.5. The molecule has 0 atom stereocenters. The van der Waals surface area contributed by atoms with Gasteiger partial charge in [-0.15, -0.1) is 11.3 Å². The van der Waals surface area contributed by atoms with E-state index in [0.29, 0.717) is 29.0 Å². The molecule has 0 bridgehead atoms. The number of hydrogen-bond acceptors (Lipinski definition) is 7. The first-order valence-electron chi connectivity index (χ1n) is 16.6.